The molecule has 0 aromatic heterocycles. The van der Waals surface area contributed by atoms with E-state index >= 15 is 0 Å². The van der Waals surface area contributed by atoms with Crippen LogP contribution in [0, 0.1) is 0 Å². The second-order valence-electron chi connectivity index (χ2n) is 4.33. The number of hydrogen-bond acceptors (Lipinski definition) is 3. The number of rotatable bonds is 1. The first kappa shape index (κ1) is 9.98. The largest absolute Gasteiger partial charge is 0.507 e. The molecule has 1 aliphatic heterocycles. The normalized spacial score (nSPS) is 18.4. The fraction of sp³-hybridized carbons (Fsp3) is 0.364. The molecule has 0 bridgehead atoms. The molecule has 80 valence electrons. The number of carbonyl (C=O) groups is 1. The maximum Gasteiger partial charge on any atom is 0.257 e. The third kappa shape index (κ3) is 1.80. The number of nitrogens with zero attached hydrogens (tertiary/aromatic N) is 1. The van der Waals surface area contributed by atoms with E-state index in [9.17, 15) is 9.90 Å². The lowest BCUT2D eigenvalue weighted by atomic mass is 9.93. The minimum absolute atomic E-state index is 0.0214. The van der Waals surface area contributed by atoms with Crippen LogP contribution in [0.3, 0.4) is 0 Å². The van der Waals surface area contributed by atoms with Crippen LogP contribution in [-0.4, -0.2) is 34.5 Å². The standard InChI is InChI=1S/C11H14N2O2/c1-11(12)6-13(7-11)10(15)8-4-2-3-5-9(8)14/h2-5,14H,6-7,12H2,1H3. The van der Waals surface area contributed by atoms with E-state index in [1.807, 2.05) is 6.92 Å². The Bertz CT molecular complexity index is 393. The van der Waals surface area contributed by atoms with E-state index in [4.69, 9.17) is 5.73 Å². The SMILES string of the molecule is CC1(N)CN(C(=O)c2ccccc2O)C1. The van der Waals surface area contributed by atoms with Gasteiger partial charge in [0.05, 0.1) is 5.56 Å². The summed E-state index contributed by atoms with van der Waals surface area (Å²) in [6.07, 6.45) is 0. The molecule has 0 saturated carbocycles. The summed E-state index contributed by atoms with van der Waals surface area (Å²) in [5, 5.41) is 9.50. The highest BCUT2D eigenvalue weighted by molar-refractivity contribution is 5.97. The van der Waals surface area contributed by atoms with E-state index < -0.39 is 0 Å². The third-order valence-electron chi connectivity index (χ3n) is 2.53. The molecule has 1 amide bonds. The van der Waals surface area contributed by atoms with Crippen molar-refractivity contribution >= 4 is 5.91 Å². The van der Waals surface area contributed by atoms with E-state index in [0.29, 0.717) is 18.7 Å². The molecule has 1 fully saturated rings. The highest BCUT2D eigenvalue weighted by Crippen LogP contribution is 2.24. The lowest BCUT2D eigenvalue weighted by Crippen LogP contribution is -2.66. The van der Waals surface area contributed by atoms with Crippen LogP contribution in [0.1, 0.15) is 17.3 Å². The molecule has 1 saturated heterocycles. The van der Waals surface area contributed by atoms with Gasteiger partial charge < -0.3 is 15.7 Å². The predicted octanol–water partition coefficient (Wildman–Crippen LogP) is 0.565. The molecule has 3 N–H and O–H groups in total. The summed E-state index contributed by atoms with van der Waals surface area (Å²) < 4.78 is 0. The summed E-state index contributed by atoms with van der Waals surface area (Å²) in [5.74, 6) is -0.135. The summed E-state index contributed by atoms with van der Waals surface area (Å²) >= 11 is 0. The van der Waals surface area contributed by atoms with Gasteiger partial charge in [0.1, 0.15) is 5.75 Å². The second kappa shape index (κ2) is 3.24. The molecule has 0 spiro atoms. The smallest absolute Gasteiger partial charge is 0.257 e. The molecule has 2 rings (SSSR count). The first-order valence-corrected chi connectivity index (χ1v) is 4.86. The van der Waals surface area contributed by atoms with Gasteiger partial charge in [-0.05, 0) is 19.1 Å². The number of carbonyl (C=O) groups excluding carboxylic acids is 1. The zero-order valence-electron chi connectivity index (χ0n) is 8.60. The minimum atomic E-state index is -0.278. The monoisotopic (exact) mass is 206 g/mol. The van der Waals surface area contributed by atoms with Crippen molar-refractivity contribution in [3.63, 3.8) is 0 Å². The van der Waals surface area contributed by atoms with Crippen molar-refractivity contribution in [2.75, 3.05) is 13.1 Å². The molecular formula is C11H14N2O2. The lowest BCUT2D eigenvalue weighted by Gasteiger charge is -2.45. The Morgan fingerprint density at radius 2 is 2.07 bits per heavy atom. The number of aromatic hydroxyl groups is 1. The molecular weight excluding hydrogens is 192 g/mol. The average Bonchev–Trinajstić information content (AvgIpc) is 2.14. The predicted molar refractivity (Wildman–Crippen MR) is 56.6 cm³/mol. The van der Waals surface area contributed by atoms with Gasteiger partial charge in [-0.2, -0.15) is 0 Å². The molecule has 0 radical (unpaired) electrons. The van der Waals surface area contributed by atoms with E-state index in [1.165, 1.54) is 6.07 Å². The number of nitrogens with two attached hydrogens (primary N) is 1. The zero-order valence-corrected chi connectivity index (χ0v) is 8.60. The van der Waals surface area contributed by atoms with Gasteiger partial charge in [0, 0.05) is 18.6 Å². The fourth-order valence-corrected chi connectivity index (χ4v) is 1.79. The van der Waals surface area contributed by atoms with Crippen molar-refractivity contribution in [3.05, 3.63) is 29.8 Å². The number of para-hydroxylation sites is 1. The summed E-state index contributed by atoms with van der Waals surface area (Å²) in [4.78, 5) is 13.5. The average molecular weight is 206 g/mol. The molecule has 1 aromatic carbocycles. The maximum absolute atomic E-state index is 11.8. The van der Waals surface area contributed by atoms with Crippen LogP contribution < -0.4 is 5.73 Å². The number of hydrogen-bond donors (Lipinski definition) is 2. The van der Waals surface area contributed by atoms with Crippen LogP contribution in [0.5, 0.6) is 5.75 Å². The first-order valence-electron chi connectivity index (χ1n) is 4.86. The quantitative estimate of drug-likeness (QED) is 0.705. The lowest BCUT2D eigenvalue weighted by molar-refractivity contribution is 0.0451. The Kier molecular flexibility index (Phi) is 2.16. The Labute approximate surface area is 88.3 Å². The van der Waals surface area contributed by atoms with E-state index in [-0.39, 0.29) is 17.2 Å². The van der Waals surface area contributed by atoms with Gasteiger partial charge in [0.2, 0.25) is 0 Å². The van der Waals surface area contributed by atoms with E-state index in [1.54, 1.807) is 23.1 Å². The molecule has 0 unspecified atom stereocenters. The van der Waals surface area contributed by atoms with Gasteiger partial charge in [0.25, 0.3) is 5.91 Å². The highest BCUT2D eigenvalue weighted by Gasteiger charge is 2.38. The number of amides is 1. The Balaban J connectivity index is 2.14. The van der Waals surface area contributed by atoms with Crippen molar-refractivity contribution in [2.45, 2.75) is 12.5 Å². The van der Waals surface area contributed by atoms with Crippen molar-refractivity contribution in [1.29, 1.82) is 0 Å². The Morgan fingerprint density at radius 1 is 1.47 bits per heavy atom. The van der Waals surface area contributed by atoms with Gasteiger partial charge in [0.15, 0.2) is 0 Å². The van der Waals surface area contributed by atoms with Crippen LogP contribution in [0.2, 0.25) is 0 Å². The molecule has 1 heterocycles. The molecule has 15 heavy (non-hydrogen) atoms. The van der Waals surface area contributed by atoms with E-state index in [2.05, 4.69) is 0 Å². The summed E-state index contributed by atoms with van der Waals surface area (Å²) in [6, 6.07) is 6.54. The highest BCUT2D eigenvalue weighted by atomic mass is 16.3. The topological polar surface area (TPSA) is 66.6 Å². The Hall–Kier alpha value is -1.55. The van der Waals surface area contributed by atoms with E-state index in [0.717, 1.165) is 0 Å². The van der Waals surface area contributed by atoms with Crippen LogP contribution in [0.4, 0.5) is 0 Å². The van der Waals surface area contributed by atoms with Crippen molar-refractivity contribution in [1.82, 2.24) is 4.90 Å². The minimum Gasteiger partial charge on any atom is -0.507 e. The van der Waals surface area contributed by atoms with Crippen molar-refractivity contribution < 1.29 is 9.90 Å². The number of phenols is 1. The van der Waals surface area contributed by atoms with Crippen molar-refractivity contribution in [2.24, 2.45) is 5.73 Å². The van der Waals surface area contributed by atoms with Crippen molar-refractivity contribution in [3.8, 4) is 5.75 Å². The van der Waals surface area contributed by atoms with Crippen LogP contribution in [-0.2, 0) is 0 Å². The molecule has 0 aliphatic carbocycles. The Morgan fingerprint density at radius 3 is 2.60 bits per heavy atom. The molecule has 1 aromatic rings. The van der Waals surface area contributed by atoms with Gasteiger partial charge in [-0.3, -0.25) is 4.79 Å². The van der Waals surface area contributed by atoms with Gasteiger partial charge in [-0.1, -0.05) is 12.1 Å². The molecule has 4 nitrogen and oxygen atoms in total. The zero-order chi connectivity index (χ0) is 11.1. The number of phenolic OH excluding ortho intramolecular Hbond substituents is 1. The van der Waals surface area contributed by atoms with Gasteiger partial charge >= 0.3 is 0 Å². The molecule has 1 aliphatic rings. The maximum atomic E-state index is 11.8. The molecule has 0 atom stereocenters. The van der Waals surface area contributed by atoms with Crippen LogP contribution in [0.25, 0.3) is 0 Å². The van der Waals surface area contributed by atoms with Crippen LogP contribution in [0.15, 0.2) is 24.3 Å². The molecule has 4 heteroatoms. The number of benzene rings is 1. The third-order valence-corrected chi connectivity index (χ3v) is 2.53. The first-order chi connectivity index (χ1) is 6.99. The van der Waals surface area contributed by atoms with Crippen LogP contribution >= 0.6 is 0 Å². The fourth-order valence-electron chi connectivity index (χ4n) is 1.79. The summed E-state index contributed by atoms with van der Waals surface area (Å²) in [5.41, 5.74) is 5.87. The number of likely N-dealkylation sites (tertiary alicyclic amines) is 1. The summed E-state index contributed by atoms with van der Waals surface area (Å²) in [6.45, 7) is 2.99. The van der Waals surface area contributed by atoms with Gasteiger partial charge in [-0.15, -0.1) is 0 Å². The second-order valence-corrected chi connectivity index (χ2v) is 4.33. The summed E-state index contributed by atoms with van der Waals surface area (Å²) in [7, 11) is 0. The van der Waals surface area contributed by atoms with Gasteiger partial charge in [-0.25, -0.2) is 0 Å².